The molecule has 2 aliphatic heterocycles. The molecule has 5 nitrogen and oxygen atoms in total. The van der Waals surface area contributed by atoms with Crippen molar-refractivity contribution < 1.29 is 18.8 Å². The molecule has 0 saturated carbocycles. The molecule has 7 rings (SSSR count). The minimum Gasteiger partial charge on any atom is -1.00 e. The molecule has 0 unspecified atom stereocenters. The monoisotopic (exact) mass is 859 g/mol. The van der Waals surface area contributed by atoms with Crippen LogP contribution < -0.4 is 18.8 Å². The van der Waals surface area contributed by atoms with Gasteiger partial charge in [-0.05, 0) is 128 Å². The van der Waals surface area contributed by atoms with Gasteiger partial charge in [0, 0.05) is 45.8 Å². The van der Waals surface area contributed by atoms with E-state index in [9.17, 15) is 0 Å². The molecule has 6 heterocycles. The van der Waals surface area contributed by atoms with Crippen molar-refractivity contribution in [2.45, 2.75) is 107 Å². The minimum absolute atomic E-state index is 0. The number of aromatic nitrogens is 5. The number of halogens is 4. The Balaban J connectivity index is 0.000000874. The summed E-state index contributed by atoms with van der Waals surface area (Å²) in [5.74, 6) is 0. The second-order valence-electron chi connectivity index (χ2n) is 13.0. The summed E-state index contributed by atoms with van der Waals surface area (Å²) in [5, 5.41) is 1.20. The minimum atomic E-state index is 0. The molecular weight excluding hydrogens is 805 g/mol. The third-order valence-corrected chi connectivity index (χ3v) is 10.4. The van der Waals surface area contributed by atoms with E-state index in [-0.39, 0.29) is 42.7 Å². The van der Waals surface area contributed by atoms with Crippen LogP contribution in [0, 0.1) is 0 Å². The molecule has 0 radical (unpaired) electrons. The number of allylic oxidation sites excluding steroid dienone is 1. The van der Waals surface area contributed by atoms with Gasteiger partial charge in [-0.2, -0.15) is 0 Å². The third-order valence-electron chi connectivity index (χ3n) is 10.4. The number of hydrogen-bond donors (Lipinski definition) is 1. The first-order valence-corrected chi connectivity index (χ1v) is 18.9. The number of nitrogens with one attached hydrogen (secondary N) is 1. The van der Waals surface area contributed by atoms with Crippen molar-refractivity contribution in [3.05, 3.63) is 111 Å². The van der Waals surface area contributed by atoms with Gasteiger partial charge in [-0.3, -0.25) is 4.98 Å². The molecular formula is C45H53F4N5Sn. The largest absolute Gasteiger partial charge is 4.00 e. The molecule has 1 aromatic carbocycles. The summed E-state index contributed by atoms with van der Waals surface area (Å²) in [4.78, 5) is 18.5. The van der Waals surface area contributed by atoms with Gasteiger partial charge < -0.3 is 28.4 Å². The average molecular weight is 859 g/mol. The molecule has 0 aliphatic carbocycles. The summed E-state index contributed by atoms with van der Waals surface area (Å²) in [5.41, 5.74) is 20.5. The Morgan fingerprint density at radius 3 is 1.69 bits per heavy atom. The van der Waals surface area contributed by atoms with Crippen LogP contribution in [0.15, 0.2) is 54.7 Å². The first kappa shape index (κ1) is 48.8. The average Bonchev–Trinajstić information content (AvgIpc) is 3.93. The van der Waals surface area contributed by atoms with E-state index >= 15 is 0 Å². The van der Waals surface area contributed by atoms with Gasteiger partial charge in [0.25, 0.3) is 0 Å². The van der Waals surface area contributed by atoms with Crippen LogP contribution in [-0.4, -0.2) is 48.4 Å². The molecule has 1 N–H and O–H groups in total. The smallest absolute Gasteiger partial charge is 1.00 e. The molecule has 5 aromatic rings. The molecule has 0 saturated heterocycles. The molecule has 0 fully saturated rings. The Hall–Kier alpha value is -4.25. The van der Waals surface area contributed by atoms with Crippen molar-refractivity contribution in [2.75, 3.05) is 0 Å². The summed E-state index contributed by atoms with van der Waals surface area (Å²) in [7, 11) is 0. The van der Waals surface area contributed by atoms with Gasteiger partial charge in [-0.15, -0.1) is 0 Å². The maximum Gasteiger partial charge on any atom is 4.00 e. The second-order valence-corrected chi connectivity index (χ2v) is 13.0. The quantitative estimate of drug-likeness (QED) is 0.161. The van der Waals surface area contributed by atoms with Crippen LogP contribution in [0.3, 0.4) is 0 Å². The van der Waals surface area contributed by atoms with E-state index in [2.05, 4.69) is 112 Å². The predicted octanol–water partition coefficient (Wildman–Crippen LogP) is -0.826. The zero-order valence-electron chi connectivity index (χ0n) is 33.4. The summed E-state index contributed by atoms with van der Waals surface area (Å²) in [6, 6.07) is 16.5. The number of benzene rings is 1. The van der Waals surface area contributed by atoms with E-state index in [4.69, 9.17) is 9.97 Å². The van der Waals surface area contributed by atoms with E-state index in [0.29, 0.717) is 0 Å². The fourth-order valence-corrected chi connectivity index (χ4v) is 8.10. The Bertz CT molecular complexity index is 2220. The van der Waals surface area contributed by atoms with Gasteiger partial charge in [0.15, 0.2) is 0 Å². The zero-order chi connectivity index (χ0) is 35.4. The number of H-pyrrole nitrogens is 1. The van der Waals surface area contributed by atoms with Crippen molar-refractivity contribution in [3.63, 3.8) is 0 Å². The van der Waals surface area contributed by atoms with Crippen LogP contribution in [0.1, 0.15) is 118 Å². The van der Waals surface area contributed by atoms with Crippen molar-refractivity contribution in [3.8, 4) is 0 Å². The van der Waals surface area contributed by atoms with Crippen LogP contribution >= 0.6 is 0 Å². The fourth-order valence-electron chi connectivity index (χ4n) is 8.10. The molecule has 0 amide bonds. The van der Waals surface area contributed by atoms with Gasteiger partial charge in [0.2, 0.25) is 0 Å². The number of fused-ring (bicyclic) bond motifs is 9. The Morgan fingerprint density at radius 2 is 1.13 bits per heavy atom. The number of para-hydroxylation sites is 1. The van der Waals surface area contributed by atoms with Gasteiger partial charge in [0.05, 0.1) is 28.3 Å². The molecule has 10 heteroatoms. The SMILES string of the molecule is CCC1=Cc2cc3nc(cc4c(CC)c(CC)c(c(CC)c5[nH]c(c(CC)c1n2)c(CC)c5CC)n4CC)C=C3.[F-].[F-].[F-].[F-].[Sn+4].c1ccc2ncccc2c1. The van der Waals surface area contributed by atoms with Crippen LogP contribution in [0.2, 0.25) is 0 Å². The molecule has 0 spiro atoms. The number of hydrogen-bond acceptors (Lipinski definition) is 3. The third kappa shape index (κ3) is 9.25. The van der Waals surface area contributed by atoms with Gasteiger partial charge in [-0.1, -0.05) is 72.7 Å². The molecule has 8 bridgehead atoms. The maximum atomic E-state index is 5.22. The number of rotatable bonds is 8. The molecule has 0 atom stereocenters. The van der Waals surface area contributed by atoms with Crippen LogP contribution in [-0.2, 0) is 45.1 Å². The van der Waals surface area contributed by atoms with Crippen molar-refractivity contribution in [1.82, 2.24) is 24.5 Å². The summed E-state index contributed by atoms with van der Waals surface area (Å²) >= 11 is 0. The Labute approximate surface area is 340 Å². The Morgan fingerprint density at radius 1 is 0.564 bits per heavy atom. The first-order chi connectivity index (χ1) is 24.4. The second kappa shape index (κ2) is 21.7. The van der Waals surface area contributed by atoms with E-state index in [0.717, 1.165) is 79.8 Å². The van der Waals surface area contributed by atoms with E-state index < -0.39 is 0 Å². The van der Waals surface area contributed by atoms with Crippen molar-refractivity contribution in [1.29, 1.82) is 0 Å². The van der Waals surface area contributed by atoms with Crippen molar-refractivity contribution in [2.24, 2.45) is 0 Å². The number of nitrogens with zero attached hydrogens (tertiary/aromatic N) is 4. The molecule has 2 aliphatic rings. The summed E-state index contributed by atoms with van der Waals surface area (Å²) < 4.78 is 2.57. The van der Waals surface area contributed by atoms with Gasteiger partial charge in [0.1, 0.15) is 0 Å². The number of aryl methyl sites for hydroxylation is 7. The number of aromatic amines is 1. The first-order valence-electron chi connectivity index (χ1n) is 18.9. The normalized spacial score (nSPS) is 11.2. The van der Waals surface area contributed by atoms with Crippen LogP contribution in [0.25, 0.3) is 56.8 Å². The standard InChI is InChI=1S/C36H46N4.C9H7N.4FH.Sn/c1-9-22-19-25-20-23-17-18-24(37-23)21-32-26(10-2)29(13-5)36(40(32)16-8)31(15-7)35-28(12-4)27(11-3)34(39-35)30(14-6)33(22)38-25;1-2-6-9-8(4-1)5-3-7-10-9;;;;;/h17-21,39H,9-16H2,1-8H3;1-7H;4*1H;/q;;;;;;+4/p-4. The summed E-state index contributed by atoms with van der Waals surface area (Å²) in [6.45, 7) is 19.3. The molecule has 290 valence electrons. The predicted molar refractivity (Wildman–Crippen MR) is 221 cm³/mol. The van der Waals surface area contributed by atoms with E-state index in [1.54, 1.807) is 0 Å². The van der Waals surface area contributed by atoms with Gasteiger partial charge >= 0.3 is 23.9 Å². The van der Waals surface area contributed by atoms with E-state index in [1.807, 2.05) is 30.5 Å². The van der Waals surface area contributed by atoms with Crippen LogP contribution in [0.5, 0.6) is 0 Å². The maximum absolute atomic E-state index is 5.22. The number of pyridine rings is 1. The van der Waals surface area contributed by atoms with Crippen LogP contribution in [0.4, 0.5) is 0 Å². The Kier molecular flexibility index (Phi) is 19.3. The molecule has 55 heavy (non-hydrogen) atoms. The fraction of sp³-hybridized carbons (Fsp3) is 0.356. The zero-order valence-corrected chi connectivity index (χ0v) is 36.2. The summed E-state index contributed by atoms with van der Waals surface area (Å²) in [6.07, 6.45) is 15.3. The van der Waals surface area contributed by atoms with E-state index in [1.165, 1.54) is 66.4 Å². The topological polar surface area (TPSA) is 59.4 Å². The van der Waals surface area contributed by atoms with Crippen molar-refractivity contribution >= 4 is 80.7 Å². The molecule has 4 aromatic heterocycles. The van der Waals surface area contributed by atoms with Gasteiger partial charge in [-0.25, -0.2) is 9.97 Å².